The molecule has 0 spiro atoms. The summed E-state index contributed by atoms with van der Waals surface area (Å²) in [6, 6.07) is 0.177. The fourth-order valence-corrected chi connectivity index (χ4v) is 3.12. The van der Waals surface area contributed by atoms with Gasteiger partial charge in [-0.15, -0.1) is 0 Å². The Hall–Kier alpha value is -1.52. The summed E-state index contributed by atoms with van der Waals surface area (Å²) in [6.45, 7) is 4.77. The lowest BCUT2D eigenvalue weighted by atomic mass is 9.74. The highest BCUT2D eigenvalue weighted by molar-refractivity contribution is 5.76. The van der Waals surface area contributed by atoms with Gasteiger partial charge in [-0.2, -0.15) is 0 Å². The lowest BCUT2D eigenvalue weighted by Crippen LogP contribution is -2.51. The van der Waals surface area contributed by atoms with Crippen LogP contribution in [0.5, 0.6) is 0 Å². The lowest BCUT2D eigenvalue weighted by molar-refractivity contribution is -0.151. The van der Waals surface area contributed by atoms with Crippen molar-refractivity contribution in [2.45, 2.75) is 52.0 Å². The summed E-state index contributed by atoms with van der Waals surface area (Å²) in [5.41, 5.74) is -0.785. The zero-order valence-electron chi connectivity index (χ0n) is 13.0. The first-order valence-corrected chi connectivity index (χ1v) is 7.85. The first kappa shape index (κ1) is 15.9. The summed E-state index contributed by atoms with van der Waals surface area (Å²) >= 11 is 0. The third kappa shape index (κ3) is 3.77. The molecule has 5 heteroatoms. The number of nitrogens with one attached hydrogen (secondary N) is 1. The summed E-state index contributed by atoms with van der Waals surface area (Å²) in [5.74, 6) is -0.770. The summed E-state index contributed by atoms with van der Waals surface area (Å²) in [6.07, 6.45) is 8.90. The Morgan fingerprint density at radius 2 is 2.05 bits per heavy atom. The number of amides is 2. The highest BCUT2D eigenvalue weighted by Crippen LogP contribution is 2.34. The first-order valence-electron chi connectivity index (χ1n) is 7.85. The molecule has 1 fully saturated rings. The van der Waals surface area contributed by atoms with Crippen LogP contribution in [0, 0.1) is 11.3 Å². The van der Waals surface area contributed by atoms with Crippen molar-refractivity contribution in [2.75, 3.05) is 13.1 Å². The van der Waals surface area contributed by atoms with Crippen LogP contribution in [0.25, 0.3) is 0 Å². The molecule has 2 N–H and O–H groups in total. The van der Waals surface area contributed by atoms with E-state index in [0.717, 1.165) is 38.6 Å². The number of urea groups is 1. The predicted molar refractivity (Wildman–Crippen MR) is 81.0 cm³/mol. The Balaban J connectivity index is 1.92. The number of carbonyl (C=O) groups is 2. The Bertz CT molecular complexity index is 431. The Morgan fingerprint density at radius 1 is 1.29 bits per heavy atom. The molecule has 5 nitrogen and oxygen atoms in total. The molecular formula is C16H26N2O3. The first-order chi connectivity index (χ1) is 9.91. The molecule has 2 atom stereocenters. The van der Waals surface area contributed by atoms with Gasteiger partial charge >= 0.3 is 12.0 Å². The van der Waals surface area contributed by atoms with E-state index in [0.29, 0.717) is 6.54 Å². The molecule has 21 heavy (non-hydrogen) atoms. The number of carboxylic acids is 1. The average molecular weight is 294 g/mol. The number of rotatable bonds is 3. The van der Waals surface area contributed by atoms with Gasteiger partial charge in [-0.3, -0.25) is 4.79 Å². The zero-order valence-corrected chi connectivity index (χ0v) is 13.0. The molecule has 1 heterocycles. The normalized spacial score (nSPS) is 26.5. The molecule has 2 rings (SSSR count). The van der Waals surface area contributed by atoms with Crippen LogP contribution >= 0.6 is 0 Å². The molecule has 1 saturated heterocycles. The van der Waals surface area contributed by atoms with Gasteiger partial charge in [0.25, 0.3) is 0 Å². The van der Waals surface area contributed by atoms with Crippen LogP contribution in [0.15, 0.2) is 12.2 Å². The van der Waals surface area contributed by atoms with Gasteiger partial charge in [0.2, 0.25) is 0 Å². The van der Waals surface area contributed by atoms with Gasteiger partial charge in [0.15, 0.2) is 0 Å². The van der Waals surface area contributed by atoms with Gasteiger partial charge in [-0.05, 0) is 51.9 Å². The largest absolute Gasteiger partial charge is 0.481 e. The van der Waals surface area contributed by atoms with Crippen molar-refractivity contribution < 1.29 is 14.7 Å². The van der Waals surface area contributed by atoms with E-state index < -0.39 is 11.4 Å². The number of piperidine rings is 1. The molecule has 0 aromatic carbocycles. The Labute approximate surface area is 126 Å². The van der Waals surface area contributed by atoms with Crippen LogP contribution in [-0.4, -0.2) is 41.1 Å². The van der Waals surface area contributed by atoms with Crippen LogP contribution < -0.4 is 5.32 Å². The summed E-state index contributed by atoms with van der Waals surface area (Å²) in [5, 5.41) is 12.4. The summed E-state index contributed by atoms with van der Waals surface area (Å²) < 4.78 is 0. The molecule has 0 bridgehead atoms. The second-order valence-corrected chi connectivity index (χ2v) is 6.74. The van der Waals surface area contributed by atoms with E-state index in [9.17, 15) is 14.7 Å². The van der Waals surface area contributed by atoms with Crippen molar-refractivity contribution in [3.8, 4) is 0 Å². The number of aliphatic carboxylic acids is 1. The maximum Gasteiger partial charge on any atom is 0.317 e. The Kier molecular flexibility index (Phi) is 4.91. The minimum atomic E-state index is -0.785. The smallest absolute Gasteiger partial charge is 0.317 e. The Morgan fingerprint density at radius 3 is 2.67 bits per heavy atom. The summed E-state index contributed by atoms with van der Waals surface area (Å²) in [7, 11) is 0. The standard InChI is InChI=1S/C16H26N2O3/c1-16(2,14(19)20)12-7-6-10-18(11-12)15(21)17-13-8-4-3-5-9-13/h3-4,12-13H,5-11H2,1-2H3,(H,17,21)(H,19,20). The summed E-state index contributed by atoms with van der Waals surface area (Å²) in [4.78, 5) is 25.5. The number of allylic oxidation sites excluding steroid dienone is 1. The number of hydrogen-bond donors (Lipinski definition) is 2. The number of likely N-dealkylation sites (tertiary alicyclic amines) is 1. The molecule has 0 aromatic heterocycles. The molecule has 0 saturated carbocycles. The van der Waals surface area contributed by atoms with Crippen molar-refractivity contribution >= 4 is 12.0 Å². The fourth-order valence-electron chi connectivity index (χ4n) is 3.12. The van der Waals surface area contributed by atoms with E-state index in [4.69, 9.17) is 0 Å². The molecule has 1 aliphatic carbocycles. The zero-order chi connectivity index (χ0) is 15.5. The molecule has 1 aliphatic heterocycles. The maximum atomic E-state index is 12.4. The minimum Gasteiger partial charge on any atom is -0.481 e. The molecular weight excluding hydrogens is 268 g/mol. The van der Waals surface area contributed by atoms with E-state index in [2.05, 4.69) is 17.5 Å². The van der Waals surface area contributed by atoms with Crippen molar-refractivity contribution in [1.29, 1.82) is 0 Å². The van der Waals surface area contributed by atoms with Gasteiger partial charge < -0.3 is 15.3 Å². The van der Waals surface area contributed by atoms with Gasteiger partial charge in [-0.25, -0.2) is 4.79 Å². The third-order valence-electron chi connectivity index (χ3n) is 4.88. The number of carboxylic acid groups (broad SMARTS) is 1. The van der Waals surface area contributed by atoms with Crippen molar-refractivity contribution in [3.63, 3.8) is 0 Å². The van der Waals surface area contributed by atoms with E-state index in [1.165, 1.54) is 0 Å². The average Bonchev–Trinajstić information content (AvgIpc) is 2.48. The van der Waals surface area contributed by atoms with E-state index in [1.54, 1.807) is 18.7 Å². The SMILES string of the molecule is CC(C)(C(=O)O)C1CCCN(C(=O)NC2CC=CCC2)C1. The molecule has 0 radical (unpaired) electrons. The molecule has 2 unspecified atom stereocenters. The monoisotopic (exact) mass is 294 g/mol. The topological polar surface area (TPSA) is 69.6 Å². The van der Waals surface area contributed by atoms with Crippen LogP contribution in [-0.2, 0) is 4.79 Å². The maximum absolute atomic E-state index is 12.4. The second kappa shape index (κ2) is 6.50. The highest BCUT2D eigenvalue weighted by atomic mass is 16.4. The quantitative estimate of drug-likeness (QED) is 0.786. The number of hydrogen-bond acceptors (Lipinski definition) is 2. The van der Waals surface area contributed by atoms with E-state index in [1.807, 2.05) is 0 Å². The predicted octanol–water partition coefficient (Wildman–Crippen LogP) is 2.63. The van der Waals surface area contributed by atoms with Gasteiger partial charge in [-0.1, -0.05) is 12.2 Å². The van der Waals surface area contributed by atoms with Gasteiger partial charge in [0.1, 0.15) is 0 Å². The number of carbonyl (C=O) groups excluding carboxylic acids is 1. The molecule has 2 aliphatic rings. The van der Waals surface area contributed by atoms with E-state index in [-0.39, 0.29) is 18.0 Å². The van der Waals surface area contributed by atoms with E-state index >= 15 is 0 Å². The molecule has 0 aromatic rings. The third-order valence-corrected chi connectivity index (χ3v) is 4.88. The van der Waals surface area contributed by atoms with Crippen LogP contribution in [0.2, 0.25) is 0 Å². The van der Waals surface area contributed by atoms with Gasteiger partial charge in [0, 0.05) is 19.1 Å². The molecule has 118 valence electrons. The minimum absolute atomic E-state index is 0.0146. The number of nitrogens with zero attached hydrogens (tertiary/aromatic N) is 1. The van der Waals surface area contributed by atoms with Crippen LogP contribution in [0.4, 0.5) is 4.79 Å². The fraction of sp³-hybridized carbons (Fsp3) is 0.750. The van der Waals surface area contributed by atoms with Gasteiger partial charge in [0.05, 0.1) is 5.41 Å². The second-order valence-electron chi connectivity index (χ2n) is 6.74. The highest BCUT2D eigenvalue weighted by Gasteiger charge is 2.40. The van der Waals surface area contributed by atoms with Crippen molar-refractivity contribution in [2.24, 2.45) is 11.3 Å². The van der Waals surface area contributed by atoms with Crippen LogP contribution in [0.3, 0.4) is 0 Å². The van der Waals surface area contributed by atoms with Crippen LogP contribution in [0.1, 0.15) is 46.0 Å². The van der Waals surface area contributed by atoms with Crippen molar-refractivity contribution in [3.05, 3.63) is 12.2 Å². The van der Waals surface area contributed by atoms with Crippen molar-refractivity contribution in [1.82, 2.24) is 10.2 Å². The molecule has 2 amide bonds. The lowest BCUT2D eigenvalue weighted by Gasteiger charge is -2.39.